The average molecular weight is 346 g/mol. The minimum atomic E-state index is -2.47. The number of aromatic nitrogens is 1. The molecule has 0 fully saturated rings. The molecule has 1 aromatic carbocycles. The fourth-order valence-corrected chi connectivity index (χ4v) is 2.40. The summed E-state index contributed by atoms with van der Waals surface area (Å²) in [5.41, 5.74) is 6.80. The molecule has 0 unspecified atom stereocenters. The molecule has 3 N–H and O–H groups in total. The summed E-state index contributed by atoms with van der Waals surface area (Å²) in [6.07, 6.45) is 1.58. The van der Waals surface area contributed by atoms with Gasteiger partial charge < -0.3 is 11.1 Å². The standard InChI is InChI=1S/C12H10BrF2N3S/c13-7-5-8(16)11(17-6-7)18-9-3-1-2-4-10(9)19-12(14)15/h1-6,12H,16H2,(H,17,18). The molecule has 2 rings (SSSR count). The quantitative estimate of drug-likeness (QED) is 0.802. The number of hydrogen-bond donors (Lipinski definition) is 2. The SMILES string of the molecule is Nc1cc(Br)cnc1Nc1ccccc1SC(F)F. The van der Waals surface area contributed by atoms with Gasteiger partial charge in [-0.1, -0.05) is 23.9 Å². The molecule has 1 aromatic heterocycles. The molecule has 0 atom stereocenters. The van der Waals surface area contributed by atoms with Gasteiger partial charge in [-0.25, -0.2) is 4.98 Å². The van der Waals surface area contributed by atoms with Gasteiger partial charge in [0, 0.05) is 15.6 Å². The van der Waals surface area contributed by atoms with E-state index in [0.29, 0.717) is 33.9 Å². The molecule has 0 spiro atoms. The van der Waals surface area contributed by atoms with Crippen molar-refractivity contribution < 1.29 is 8.78 Å². The fraction of sp³-hybridized carbons (Fsp3) is 0.0833. The number of nitrogens with one attached hydrogen (secondary N) is 1. The Morgan fingerprint density at radius 3 is 2.74 bits per heavy atom. The Morgan fingerprint density at radius 2 is 2.05 bits per heavy atom. The highest BCUT2D eigenvalue weighted by atomic mass is 79.9. The van der Waals surface area contributed by atoms with E-state index in [0.717, 1.165) is 4.47 Å². The van der Waals surface area contributed by atoms with Gasteiger partial charge in [0.1, 0.15) is 0 Å². The van der Waals surface area contributed by atoms with Crippen molar-refractivity contribution in [3.63, 3.8) is 0 Å². The number of para-hydroxylation sites is 1. The van der Waals surface area contributed by atoms with Crippen molar-refractivity contribution in [1.29, 1.82) is 0 Å². The number of rotatable bonds is 4. The smallest absolute Gasteiger partial charge is 0.288 e. The highest BCUT2D eigenvalue weighted by molar-refractivity contribution is 9.10. The van der Waals surface area contributed by atoms with Crippen LogP contribution < -0.4 is 11.1 Å². The number of halogens is 3. The van der Waals surface area contributed by atoms with Gasteiger partial charge in [0.2, 0.25) is 0 Å². The first-order valence-corrected chi connectivity index (χ1v) is 6.95. The fourth-order valence-electron chi connectivity index (χ4n) is 1.46. The highest BCUT2D eigenvalue weighted by Crippen LogP contribution is 2.34. The number of anilines is 3. The molecule has 2 aromatic rings. The van der Waals surface area contributed by atoms with E-state index in [1.54, 1.807) is 36.5 Å². The van der Waals surface area contributed by atoms with Gasteiger partial charge >= 0.3 is 0 Å². The van der Waals surface area contributed by atoms with Crippen molar-refractivity contribution in [3.05, 3.63) is 41.0 Å². The summed E-state index contributed by atoms with van der Waals surface area (Å²) in [7, 11) is 0. The van der Waals surface area contributed by atoms with Gasteiger partial charge in [0.05, 0.1) is 11.4 Å². The maximum Gasteiger partial charge on any atom is 0.288 e. The van der Waals surface area contributed by atoms with Gasteiger partial charge in [-0.2, -0.15) is 8.78 Å². The number of benzene rings is 1. The molecule has 1 heterocycles. The molecule has 100 valence electrons. The van der Waals surface area contributed by atoms with Crippen molar-refractivity contribution >= 4 is 44.9 Å². The highest BCUT2D eigenvalue weighted by Gasteiger charge is 2.11. The molecular formula is C12H10BrF2N3S. The summed E-state index contributed by atoms with van der Waals surface area (Å²) in [4.78, 5) is 4.56. The number of alkyl halides is 2. The molecule has 3 nitrogen and oxygen atoms in total. The zero-order chi connectivity index (χ0) is 13.8. The predicted molar refractivity (Wildman–Crippen MR) is 77.9 cm³/mol. The van der Waals surface area contributed by atoms with Crippen LogP contribution in [0.3, 0.4) is 0 Å². The van der Waals surface area contributed by atoms with Crippen molar-refractivity contribution in [3.8, 4) is 0 Å². The summed E-state index contributed by atoms with van der Waals surface area (Å²) in [6, 6.07) is 8.47. The van der Waals surface area contributed by atoms with E-state index in [1.165, 1.54) is 0 Å². The molecule has 0 amide bonds. The molecular weight excluding hydrogens is 336 g/mol. The monoisotopic (exact) mass is 345 g/mol. The molecule has 0 saturated carbocycles. The van der Waals surface area contributed by atoms with Gasteiger partial charge in [0.25, 0.3) is 5.76 Å². The molecule has 19 heavy (non-hydrogen) atoms. The lowest BCUT2D eigenvalue weighted by atomic mass is 10.3. The van der Waals surface area contributed by atoms with Gasteiger partial charge in [-0.05, 0) is 34.1 Å². The minimum absolute atomic E-state index is 0.436. The lowest BCUT2D eigenvalue weighted by Gasteiger charge is -2.12. The van der Waals surface area contributed by atoms with E-state index >= 15 is 0 Å². The second-order valence-electron chi connectivity index (χ2n) is 3.59. The van der Waals surface area contributed by atoms with E-state index in [9.17, 15) is 8.78 Å². The van der Waals surface area contributed by atoms with Gasteiger partial charge in [0.15, 0.2) is 5.82 Å². The first kappa shape index (κ1) is 14.1. The Hall–Kier alpha value is -1.34. The molecule has 0 aliphatic heterocycles. The summed E-state index contributed by atoms with van der Waals surface area (Å²) in [5, 5.41) is 2.96. The molecule has 0 saturated heterocycles. The summed E-state index contributed by atoms with van der Waals surface area (Å²) in [6.45, 7) is 0. The summed E-state index contributed by atoms with van der Waals surface area (Å²) < 4.78 is 25.7. The first-order chi connectivity index (χ1) is 9.06. The Balaban J connectivity index is 2.27. The van der Waals surface area contributed by atoms with Crippen molar-refractivity contribution in [2.24, 2.45) is 0 Å². The zero-order valence-corrected chi connectivity index (χ0v) is 12.0. The molecule has 0 aliphatic rings. The van der Waals surface area contributed by atoms with Crippen LogP contribution in [0.15, 0.2) is 45.9 Å². The number of hydrogen-bond acceptors (Lipinski definition) is 4. The molecule has 0 aliphatic carbocycles. The topological polar surface area (TPSA) is 50.9 Å². The van der Waals surface area contributed by atoms with Gasteiger partial charge in [-0.3, -0.25) is 0 Å². The number of nitrogens with zero attached hydrogens (tertiary/aromatic N) is 1. The van der Waals surface area contributed by atoms with Crippen LogP contribution in [-0.4, -0.2) is 10.7 Å². The predicted octanol–water partition coefficient (Wildman–Crippen LogP) is 4.48. The lowest BCUT2D eigenvalue weighted by Crippen LogP contribution is -2.00. The van der Waals surface area contributed by atoms with Crippen LogP contribution in [0.4, 0.5) is 26.0 Å². The third-order valence-corrected chi connectivity index (χ3v) is 3.46. The van der Waals surface area contributed by atoms with E-state index in [4.69, 9.17) is 5.73 Å². The number of nitrogens with two attached hydrogens (primary N) is 1. The third kappa shape index (κ3) is 3.81. The normalized spacial score (nSPS) is 10.7. The van der Waals surface area contributed by atoms with Crippen LogP contribution >= 0.6 is 27.7 Å². The third-order valence-electron chi connectivity index (χ3n) is 2.24. The minimum Gasteiger partial charge on any atom is -0.396 e. The average Bonchev–Trinajstić information content (AvgIpc) is 2.34. The van der Waals surface area contributed by atoms with Crippen molar-refractivity contribution in [2.45, 2.75) is 10.7 Å². The van der Waals surface area contributed by atoms with E-state index in [2.05, 4.69) is 26.2 Å². The number of thioether (sulfide) groups is 1. The Bertz CT molecular complexity index is 581. The second kappa shape index (κ2) is 6.21. The molecule has 0 bridgehead atoms. The first-order valence-electron chi connectivity index (χ1n) is 5.28. The second-order valence-corrected chi connectivity index (χ2v) is 5.54. The van der Waals surface area contributed by atoms with Crippen LogP contribution in [0.1, 0.15) is 0 Å². The summed E-state index contributed by atoms with van der Waals surface area (Å²) >= 11 is 3.73. The maximum atomic E-state index is 12.5. The Kier molecular flexibility index (Phi) is 4.60. The van der Waals surface area contributed by atoms with Crippen molar-refractivity contribution in [1.82, 2.24) is 4.98 Å². The van der Waals surface area contributed by atoms with Crippen LogP contribution in [0, 0.1) is 0 Å². The summed E-state index contributed by atoms with van der Waals surface area (Å²) in [5.74, 6) is -2.04. The van der Waals surface area contributed by atoms with E-state index in [1.807, 2.05) is 0 Å². The van der Waals surface area contributed by atoms with Gasteiger partial charge in [-0.15, -0.1) is 0 Å². The van der Waals surface area contributed by atoms with Crippen molar-refractivity contribution in [2.75, 3.05) is 11.1 Å². The maximum absolute atomic E-state index is 12.5. The number of pyridine rings is 1. The zero-order valence-electron chi connectivity index (χ0n) is 9.61. The molecule has 0 radical (unpaired) electrons. The molecule has 7 heteroatoms. The Labute approximate surface area is 121 Å². The Morgan fingerprint density at radius 1 is 1.32 bits per heavy atom. The van der Waals surface area contributed by atoms with Crippen LogP contribution in [-0.2, 0) is 0 Å². The largest absolute Gasteiger partial charge is 0.396 e. The van der Waals surface area contributed by atoms with E-state index in [-0.39, 0.29) is 0 Å². The van der Waals surface area contributed by atoms with E-state index < -0.39 is 5.76 Å². The number of nitrogen functional groups attached to an aromatic ring is 1. The van der Waals surface area contributed by atoms with Crippen LogP contribution in [0.25, 0.3) is 0 Å². The lowest BCUT2D eigenvalue weighted by molar-refractivity contribution is 0.252. The van der Waals surface area contributed by atoms with Crippen LogP contribution in [0.5, 0.6) is 0 Å². The van der Waals surface area contributed by atoms with Crippen LogP contribution in [0.2, 0.25) is 0 Å².